The van der Waals surface area contributed by atoms with E-state index in [1.807, 2.05) is 12.1 Å². The van der Waals surface area contributed by atoms with Crippen LogP contribution in [0.1, 0.15) is 77.6 Å². The van der Waals surface area contributed by atoms with Gasteiger partial charge in [-0.2, -0.15) is 0 Å². The van der Waals surface area contributed by atoms with Gasteiger partial charge in [0, 0.05) is 6.04 Å². The van der Waals surface area contributed by atoms with Crippen molar-refractivity contribution in [3.8, 4) is 5.75 Å². The van der Waals surface area contributed by atoms with Crippen LogP contribution >= 0.6 is 0 Å². The highest BCUT2D eigenvalue weighted by atomic mass is 16.5. The topological polar surface area (TPSA) is 67.4 Å². The average molecular weight is 373 g/mol. The molecule has 2 N–H and O–H groups in total. The molecule has 0 bridgehead atoms. The number of carbonyl (C=O) groups is 2. The molecule has 5 nitrogen and oxygen atoms in total. The third-order valence-electron chi connectivity index (χ3n) is 5.76. The molecule has 0 spiro atoms. The van der Waals surface area contributed by atoms with Gasteiger partial charge >= 0.3 is 0 Å². The van der Waals surface area contributed by atoms with Crippen molar-refractivity contribution in [2.24, 2.45) is 0 Å². The molecule has 1 aliphatic heterocycles. The van der Waals surface area contributed by atoms with Crippen LogP contribution in [0.5, 0.6) is 5.75 Å². The summed E-state index contributed by atoms with van der Waals surface area (Å²) in [5.41, 5.74) is -0.920. The van der Waals surface area contributed by atoms with E-state index in [0.717, 1.165) is 25.7 Å². The number of hydrogen-bond donors (Lipinski definition) is 2. The molecule has 2 amide bonds. The van der Waals surface area contributed by atoms with Gasteiger partial charge in [-0.15, -0.1) is 0 Å². The second-order valence-corrected chi connectivity index (χ2v) is 8.02. The Hall–Kier alpha value is -2.04. The summed E-state index contributed by atoms with van der Waals surface area (Å²) >= 11 is 0. The Balaban J connectivity index is 1.64. The molecule has 5 heteroatoms. The van der Waals surface area contributed by atoms with Crippen molar-refractivity contribution in [2.45, 2.75) is 89.2 Å². The Bertz CT molecular complexity index is 649. The largest absolute Gasteiger partial charge is 0.466 e. The highest BCUT2D eigenvalue weighted by Crippen LogP contribution is 2.33. The zero-order valence-corrected chi connectivity index (χ0v) is 16.4. The second-order valence-electron chi connectivity index (χ2n) is 8.02. The first-order valence-electron chi connectivity index (χ1n) is 10.5. The first kappa shape index (κ1) is 19.7. The van der Waals surface area contributed by atoms with Crippen LogP contribution in [0.4, 0.5) is 5.69 Å². The Labute approximate surface area is 162 Å². The first-order valence-corrected chi connectivity index (χ1v) is 10.5. The zero-order chi connectivity index (χ0) is 19.1. The van der Waals surface area contributed by atoms with Gasteiger partial charge < -0.3 is 15.4 Å². The van der Waals surface area contributed by atoms with E-state index in [-0.39, 0.29) is 11.9 Å². The van der Waals surface area contributed by atoms with Crippen molar-refractivity contribution in [3.63, 3.8) is 0 Å². The van der Waals surface area contributed by atoms with E-state index in [1.54, 1.807) is 19.1 Å². The molecular weight excluding hydrogens is 340 g/mol. The summed E-state index contributed by atoms with van der Waals surface area (Å²) in [7, 11) is 0. The maximum Gasteiger partial charge on any atom is 0.278 e. The lowest BCUT2D eigenvalue weighted by molar-refractivity contribution is -0.147. The molecule has 1 unspecified atom stereocenters. The van der Waals surface area contributed by atoms with E-state index >= 15 is 0 Å². The standard InChI is InChI=1S/C22H32N2O3/c1-22(21(26)24-18-15-11-12-16-19(18)27-22)20(25)23-17-13-9-7-5-3-2-4-6-8-10-14-17/h11-12,15-17H,2-10,13-14H2,1H3,(H,23,25)(H,24,26). The van der Waals surface area contributed by atoms with Crippen LogP contribution in [0, 0.1) is 0 Å². The van der Waals surface area contributed by atoms with Crippen molar-refractivity contribution in [1.29, 1.82) is 0 Å². The summed E-state index contributed by atoms with van der Waals surface area (Å²) in [5.74, 6) is -0.216. The van der Waals surface area contributed by atoms with E-state index in [4.69, 9.17) is 4.74 Å². The minimum Gasteiger partial charge on any atom is -0.466 e. The molecule has 0 saturated heterocycles. The predicted molar refractivity (Wildman–Crippen MR) is 107 cm³/mol. The van der Waals surface area contributed by atoms with Crippen LogP contribution in [-0.2, 0) is 9.59 Å². The molecule has 148 valence electrons. The fourth-order valence-corrected chi connectivity index (χ4v) is 3.95. The monoisotopic (exact) mass is 372 g/mol. The quantitative estimate of drug-likeness (QED) is 0.748. The van der Waals surface area contributed by atoms with Gasteiger partial charge in [0.05, 0.1) is 5.69 Å². The molecule has 1 fully saturated rings. The van der Waals surface area contributed by atoms with Gasteiger partial charge in [0.25, 0.3) is 17.4 Å². The van der Waals surface area contributed by atoms with Crippen LogP contribution in [0.25, 0.3) is 0 Å². The zero-order valence-electron chi connectivity index (χ0n) is 16.4. The molecule has 0 radical (unpaired) electrons. The molecule has 2 aliphatic rings. The summed E-state index contributed by atoms with van der Waals surface area (Å²) in [5, 5.41) is 5.92. The number of anilines is 1. The number of amides is 2. The normalized spacial score (nSPS) is 25.1. The summed E-state index contributed by atoms with van der Waals surface area (Å²) < 4.78 is 5.85. The van der Waals surface area contributed by atoms with Crippen molar-refractivity contribution in [3.05, 3.63) is 24.3 Å². The van der Waals surface area contributed by atoms with Crippen molar-refractivity contribution < 1.29 is 14.3 Å². The van der Waals surface area contributed by atoms with Crippen molar-refractivity contribution in [2.75, 3.05) is 5.32 Å². The number of nitrogens with one attached hydrogen (secondary N) is 2. The highest BCUT2D eigenvalue weighted by molar-refractivity contribution is 6.15. The van der Waals surface area contributed by atoms with Crippen LogP contribution in [0.15, 0.2) is 24.3 Å². The van der Waals surface area contributed by atoms with Crippen molar-refractivity contribution >= 4 is 17.5 Å². The minimum absolute atomic E-state index is 0.113. The van der Waals surface area contributed by atoms with Crippen molar-refractivity contribution in [1.82, 2.24) is 5.32 Å². The number of rotatable bonds is 2. The molecule has 1 saturated carbocycles. The van der Waals surface area contributed by atoms with Gasteiger partial charge in [-0.1, -0.05) is 69.9 Å². The van der Waals surface area contributed by atoms with E-state index < -0.39 is 11.5 Å². The second kappa shape index (κ2) is 9.25. The summed E-state index contributed by atoms with van der Waals surface area (Å²) in [4.78, 5) is 25.6. The molecule has 1 aromatic carbocycles. The third-order valence-corrected chi connectivity index (χ3v) is 5.76. The fraction of sp³-hybridized carbons (Fsp3) is 0.636. The number of carbonyl (C=O) groups excluding carboxylic acids is 2. The Morgan fingerprint density at radius 1 is 1.00 bits per heavy atom. The van der Waals surface area contributed by atoms with E-state index in [1.165, 1.54) is 44.9 Å². The van der Waals surface area contributed by atoms with Crippen LogP contribution in [-0.4, -0.2) is 23.5 Å². The first-order chi connectivity index (χ1) is 13.1. The number of hydrogen-bond acceptors (Lipinski definition) is 3. The fourth-order valence-electron chi connectivity index (χ4n) is 3.95. The van der Waals surface area contributed by atoms with Gasteiger partial charge in [-0.05, 0) is 31.9 Å². The number of para-hydroxylation sites is 2. The van der Waals surface area contributed by atoms with Crippen LogP contribution in [0.3, 0.4) is 0 Å². The Morgan fingerprint density at radius 3 is 2.19 bits per heavy atom. The highest BCUT2D eigenvalue weighted by Gasteiger charge is 2.47. The molecule has 3 rings (SSSR count). The molecule has 27 heavy (non-hydrogen) atoms. The van der Waals surface area contributed by atoms with Gasteiger partial charge in [-0.25, -0.2) is 0 Å². The minimum atomic E-state index is -1.53. The van der Waals surface area contributed by atoms with Gasteiger partial charge in [0.2, 0.25) is 0 Å². The average Bonchev–Trinajstić information content (AvgIpc) is 2.64. The predicted octanol–water partition coefficient (Wildman–Crippen LogP) is 4.57. The molecule has 0 aromatic heterocycles. The maximum atomic E-state index is 13.0. The van der Waals surface area contributed by atoms with E-state index in [9.17, 15) is 9.59 Å². The van der Waals surface area contributed by atoms with E-state index in [2.05, 4.69) is 10.6 Å². The van der Waals surface area contributed by atoms with Gasteiger partial charge in [0.15, 0.2) is 0 Å². The number of ether oxygens (including phenoxy) is 1. The Kier molecular flexibility index (Phi) is 6.75. The molecule has 1 aromatic rings. The number of fused-ring (bicyclic) bond motifs is 1. The smallest absolute Gasteiger partial charge is 0.278 e. The molecule has 1 atom stereocenters. The lowest BCUT2D eigenvalue weighted by Gasteiger charge is -2.34. The third kappa shape index (κ3) is 5.02. The van der Waals surface area contributed by atoms with E-state index in [0.29, 0.717) is 11.4 Å². The SMILES string of the molecule is CC1(C(=O)NC2CCCCCCCCCCC2)Oc2ccccc2NC1=O. The Morgan fingerprint density at radius 2 is 1.56 bits per heavy atom. The van der Waals surface area contributed by atoms with Crippen LogP contribution in [0.2, 0.25) is 0 Å². The lowest BCUT2D eigenvalue weighted by Crippen LogP contribution is -2.60. The molecular formula is C22H32N2O3. The lowest BCUT2D eigenvalue weighted by atomic mass is 9.96. The molecule has 1 heterocycles. The van der Waals surface area contributed by atoms with Gasteiger partial charge in [-0.3, -0.25) is 9.59 Å². The molecule has 1 aliphatic carbocycles. The summed E-state index contributed by atoms with van der Waals surface area (Å²) in [6.45, 7) is 1.56. The summed E-state index contributed by atoms with van der Waals surface area (Å²) in [6, 6.07) is 7.33. The summed E-state index contributed by atoms with van der Waals surface area (Å²) in [6.07, 6.45) is 13.2. The van der Waals surface area contributed by atoms with Crippen LogP contribution < -0.4 is 15.4 Å². The number of benzene rings is 1. The maximum absolute atomic E-state index is 13.0. The van der Waals surface area contributed by atoms with Gasteiger partial charge in [0.1, 0.15) is 5.75 Å².